The Balaban J connectivity index is 1.83. The molecular weight excluding hydrogens is 384 g/mol. The number of nitrogens with zero attached hydrogens (tertiary/aromatic N) is 2. The van der Waals surface area contributed by atoms with Crippen molar-refractivity contribution in [1.82, 2.24) is 10.0 Å². The van der Waals surface area contributed by atoms with Crippen LogP contribution in [0.2, 0.25) is 0 Å². The van der Waals surface area contributed by atoms with Crippen molar-refractivity contribution in [3.63, 3.8) is 0 Å². The first-order valence-corrected chi connectivity index (χ1v) is 10.0. The summed E-state index contributed by atoms with van der Waals surface area (Å²) < 4.78 is 12.3. The van der Waals surface area contributed by atoms with Crippen LogP contribution >= 0.6 is 0 Å². The maximum absolute atomic E-state index is 12.3. The summed E-state index contributed by atoms with van der Waals surface area (Å²) in [5.74, 6) is -0.627. The summed E-state index contributed by atoms with van der Waals surface area (Å²) in [6.07, 6.45) is -1.11. The Kier molecular flexibility index (Phi) is 7.57. The van der Waals surface area contributed by atoms with Crippen LogP contribution in [-0.2, 0) is 32.3 Å². The van der Waals surface area contributed by atoms with Gasteiger partial charge in [-0.3, -0.25) is 9.59 Å². The van der Waals surface area contributed by atoms with E-state index < -0.39 is 18.2 Å². The predicted molar refractivity (Wildman–Crippen MR) is 111 cm³/mol. The van der Waals surface area contributed by atoms with Gasteiger partial charge in [-0.15, -0.1) is 0 Å². The van der Waals surface area contributed by atoms with E-state index in [2.05, 4.69) is 0 Å². The Labute approximate surface area is 176 Å². The first-order valence-electron chi connectivity index (χ1n) is 10.0. The van der Waals surface area contributed by atoms with Crippen molar-refractivity contribution in [2.45, 2.75) is 45.3 Å². The lowest BCUT2D eigenvalue weighted by atomic mass is 10.0. The molecule has 7 heteroatoms. The van der Waals surface area contributed by atoms with Gasteiger partial charge in [0.05, 0.1) is 26.4 Å². The average Bonchev–Trinajstić information content (AvgIpc) is 2.76. The Bertz CT molecular complexity index is 830. The van der Waals surface area contributed by atoms with Crippen LogP contribution in [0, 0.1) is 0 Å². The van der Waals surface area contributed by atoms with E-state index in [1.54, 1.807) is 0 Å². The molecule has 0 aromatic heterocycles. The summed E-state index contributed by atoms with van der Waals surface area (Å²) >= 11 is 0. The van der Waals surface area contributed by atoms with Crippen molar-refractivity contribution >= 4 is 11.8 Å². The van der Waals surface area contributed by atoms with E-state index in [1.807, 2.05) is 60.7 Å². The summed E-state index contributed by atoms with van der Waals surface area (Å²) in [4.78, 5) is 24.5. The van der Waals surface area contributed by atoms with Gasteiger partial charge in [0, 0.05) is 13.8 Å². The quantitative estimate of drug-likeness (QED) is 0.754. The van der Waals surface area contributed by atoms with E-state index in [-0.39, 0.29) is 25.0 Å². The Morgan fingerprint density at radius 1 is 0.900 bits per heavy atom. The largest absolute Gasteiger partial charge is 0.394 e. The topological polar surface area (TPSA) is 79.3 Å². The van der Waals surface area contributed by atoms with Crippen molar-refractivity contribution in [3.8, 4) is 0 Å². The molecule has 1 N–H and O–H groups in total. The highest BCUT2D eigenvalue weighted by Gasteiger charge is 2.45. The Morgan fingerprint density at radius 3 is 1.90 bits per heavy atom. The summed E-state index contributed by atoms with van der Waals surface area (Å²) in [6, 6.07) is 18.6. The molecule has 160 valence electrons. The molecule has 1 fully saturated rings. The van der Waals surface area contributed by atoms with Gasteiger partial charge in [-0.2, -0.15) is 0 Å². The number of aliphatic hydroxyl groups is 1. The van der Waals surface area contributed by atoms with Crippen molar-refractivity contribution in [3.05, 3.63) is 71.8 Å². The molecule has 3 atom stereocenters. The highest BCUT2D eigenvalue weighted by atomic mass is 16.5. The van der Waals surface area contributed by atoms with Crippen LogP contribution in [0.25, 0.3) is 0 Å². The molecule has 1 heterocycles. The number of hydrogen-bond donors (Lipinski definition) is 1. The molecule has 7 nitrogen and oxygen atoms in total. The third-order valence-electron chi connectivity index (χ3n) is 5.14. The lowest BCUT2D eigenvalue weighted by Crippen LogP contribution is -2.68. The van der Waals surface area contributed by atoms with Crippen LogP contribution in [0.4, 0.5) is 0 Å². The molecule has 3 rings (SSSR count). The number of rotatable bonds is 7. The second-order valence-corrected chi connectivity index (χ2v) is 7.31. The van der Waals surface area contributed by atoms with Crippen LogP contribution in [0.1, 0.15) is 25.0 Å². The molecule has 0 radical (unpaired) electrons. The fraction of sp³-hybridized carbons (Fsp3) is 0.391. The fourth-order valence-corrected chi connectivity index (χ4v) is 3.70. The average molecular weight is 412 g/mol. The lowest BCUT2D eigenvalue weighted by molar-refractivity contribution is -0.221. The zero-order chi connectivity index (χ0) is 21.5. The van der Waals surface area contributed by atoms with E-state index in [4.69, 9.17) is 9.47 Å². The minimum atomic E-state index is -0.732. The molecule has 0 bridgehead atoms. The second kappa shape index (κ2) is 10.3. The monoisotopic (exact) mass is 412 g/mol. The minimum absolute atomic E-state index is 0.164. The summed E-state index contributed by atoms with van der Waals surface area (Å²) in [6.45, 7) is 3.22. The molecule has 1 aliphatic rings. The van der Waals surface area contributed by atoms with Gasteiger partial charge in [0.1, 0.15) is 18.2 Å². The van der Waals surface area contributed by atoms with Crippen LogP contribution in [0.3, 0.4) is 0 Å². The summed E-state index contributed by atoms with van der Waals surface area (Å²) in [7, 11) is 0. The molecule has 0 spiro atoms. The standard InChI is InChI=1S/C23H28N2O5/c1-17(27)24-13-22(29-15-19-9-5-3-6-10-19)23(21(14-26)25(24)18(2)28)30-16-20-11-7-4-8-12-20/h3-12,21-23,26H,13-16H2,1-2H3/t21-,22-,23-/m0/s1. The fourth-order valence-electron chi connectivity index (χ4n) is 3.70. The van der Waals surface area contributed by atoms with E-state index in [9.17, 15) is 14.7 Å². The van der Waals surface area contributed by atoms with Crippen LogP contribution in [0.5, 0.6) is 0 Å². The molecule has 0 saturated carbocycles. The van der Waals surface area contributed by atoms with Crippen molar-refractivity contribution < 1.29 is 24.2 Å². The molecule has 1 saturated heterocycles. The van der Waals surface area contributed by atoms with Crippen LogP contribution in [-0.4, -0.2) is 58.3 Å². The van der Waals surface area contributed by atoms with Gasteiger partial charge in [0.2, 0.25) is 11.8 Å². The van der Waals surface area contributed by atoms with Gasteiger partial charge >= 0.3 is 0 Å². The van der Waals surface area contributed by atoms with E-state index in [0.717, 1.165) is 11.1 Å². The number of ether oxygens (including phenoxy) is 2. The highest BCUT2D eigenvalue weighted by Crippen LogP contribution is 2.26. The Hall–Kier alpha value is -2.74. The number of aliphatic hydroxyl groups excluding tert-OH is 1. The zero-order valence-corrected chi connectivity index (χ0v) is 17.3. The third kappa shape index (κ3) is 5.24. The lowest BCUT2D eigenvalue weighted by Gasteiger charge is -2.49. The van der Waals surface area contributed by atoms with Gasteiger partial charge in [-0.25, -0.2) is 10.0 Å². The highest BCUT2D eigenvalue weighted by molar-refractivity contribution is 5.80. The minimum Gasteiger partial charge on any atom is -0.394 e. The van der Waals surface area contributed by atoms with E-state index in [0.29, 0.717) is 13.2 Å². The maximum Gasteiger partial charge on any atom is 0.238 e. The van der Waals surface area contributed by atoms with Crippen molar-refractivity contribution in [2.75, 3.05) is 13.2 Å². The van der Waals surface area contributed by atoms with Gasteiger partial charge in [0.25, 0.3) is 0 Å². The molecule has 0 aliphatic carbocycles. The molecule has 2 amide bonds. The zero-order valence-electron chi connectivity index (χ0n) is 17.3. The summed E-state index contributed by atoms with van der Waals surface area (Å²) in [5.41, 5.74) is 1.96. The second-order valence-electron chi connectivity index (χ2n) is 7.31. The molecule has 2 aromatic rings. The predicted octanol–water partition coefficient (Wildman–Crippen LogP) is 2.14. The number of carbonyl (C=O) groups excluding carboxylic acids is 2. The molecular formula is C23H28N2O5. The third-order valence-corrected chi connectivity index (χ3v) is 5.14. The van der Waals surface area contributed by atoms with Crippen molar-refractivity contribution in [2.24, 2.45) is 0 Å². The van der Waals surface area contributed by atoms with Crippen molar-refractivity contribution in [1.29, 1.82) is 0 Å². The molecule has 2 aromatic carbocycles. The van der Waals surface area contributed by atoms with Gasteiger partial charge in [-0.05, 0) is 11.1 Å². The number of hydrogen-bond acceptors (Lipinski definition) is 5. The number of hydrazine groups is 1. The Morgan fingerprint density at radius 2 is 1.43 bits per heavy atom. The normalized spacial score (nSPS) is 21.5. The molecule has 1 aliphatic heterocycles. The number of amides is 2. The molecule has 30 heavy (non-hydrogen) atoms. The van der Waals surface area contributed by atoms with Gasteiger partial charge in [-0.1, -0.05) is 60.7 Å². The van der Waals surface area contributed by atoms with Crippen LogP contribution in [0.15, 0.2) is 60.7 Å². The molecule has 0 unspecified atom stereocenters. The van der Waals surface area contributed by atoms with E-state index in [1.165, 1.54) is 23.9 Å². The van der Waals surface area contributed by atoms with Gasteiger partial charge < -0.3 is 14.6 Å². The first kappa shape index (κ1) is 22.0. The van der Waals surface area contributed by atoms with E-state index >= 15 is 0 Å². The SMILES string of the molecule is CC(=O)N1C[C@H](OCc2ccccc2)[C@@H](OCc2ccccc2)[C@H](CO)N1C(C)=O. The summed E-state index contributed by atoms with van der Waals surface area (Å²) in [5, 5.41) is 12.7. The first-order chi connectivity index (χ1) is 14.5. The van der Waals surface area contributed by atoms with Crippen LogP contribution < -0.4 is 0 Å². The smallest absolute Gasteiger partial charge is 0.238 e. The van der Waals surface area contributed by atoms with Gasteiger partial charge in [0.15, 0.2) is 0 Å². The number of benzene rings is 2. The number of carbonyl (C=O) groups is 2. The maximum atomic E-state index is 12.3.